The lowest BCUT2D eigenvalue weighted by molar-refractivity contribution is -0.384. The standard InChI is InChI=1S/C17H15N3O2/c21-20(22)11-7-8-15-14(10-11)12-4-3-5-13(12)17(19-15)16-6-1-2-9-18-16/h1-4,6-10,12-13,17,19H,5H2/t12-,13+,17-/m0/s1. The number of nitro benzene ring substituents is 1. The minimum absolute atomic E-state index is 0.134. The van der Waals surface area contributed by atoms with Gasteiger partial charge in [0.25, 0.3) is 5.69 Å². The van der Waals surface area contributed by atoms with Crippen LogP contribution < -0.4 is 5.32 Å². The zero-order valence-electron chi connectivity index (χ0n) is 11.8. The summed E-state index contributed by atoms with van der Waals surface area (Å²) < 4.78 is 0. The summed E-state index contributed by atoms with van der Waals surface area (Å²) in [5.74, 6) is 0.563. The van der Waals surface area contributed by atoms with Gasteiger partial charge in [-0.25, -0.2) is 0 Å². The summed E-state index contributed by atoms with van der Waals surface area (Å²) >= 11 is 0. The van der Waals surface area contributed by atoms with E-state index >= 15 is 0 Å². The normalized spacial score (nSPS) is 25.2. The zero-order valence-corrected chi connectivity index (χ0v) is 11.8. The smallest absolute Gasteiger partial charge is 0.269 e. The summed E-state index contributed by atoms with van der Waals surface area (Å²) in [6, 6.07) is 11.1. The summed E-state index contributed by atoms with van der Waals surface area (Å²) in [4.78, 5) is 15.2. The summed E-state index contributed by atoms with van der Waals surface area (Å²) in [5, 5.41) is 14.5. The Bertz CT molecular complexity index is 758. The molecule has 110 valence electrons. The van der Waals surface area contributed by atoms with Crippen molar-refractivity contribution in [1.82, 2.24) is 4.98 Å². The predicted octanol–water partition coefficient (Wildman–Crippen LogP) is 3.82. The largest absolute Gasteiger partial charge is 0.376 e. The molecule has 1 N–H and O–H groups in total. The molecular formula is C17H15N3O2. The topological polar surface area (TPSA) is 68.1 Å². The molecule has 0 fully saturated rings. The van der Waals surface area contributed by atoms with Crippen LogP contribution in [0.1, 0.15) is 29.6 Å². The molecule has 2 aliphatic rings. The van der Waals surface area contributed by atoms with Crippen molar-refractivity contribution in [3.63, 3.8) is 0 Å². The third kappa shape index (κ3) is 1.97. The first-order valence-corrected chi connectivity index (χ1v) is 7.36. The van der Waals surface area contributed by atoms with Crippen molar-refractivity contribution in [2.24, 2.45) is 5.92 Å². The highest BCUT2D eigenvalue weighted by Crippen LogP contribution is 2.49. The Balaban J connectivity index is 1.79. The van der Waals surface area contributed by atoms with Gasteiger partial charge in [0.05, 0.1) is 16.7 Å². The van der Waals surface area contributed by atoms with Crippen molar-refractivity contribution in [2.75, 3.05) is 5.32 Å². The van der Waals surface area contributed by atoms with Gasteiger partial charge in [0.2, 0.25) is 0 Å². The Morgan fingerprint density at radius 1 is 1.27 bits per heavy atom. The minimum atomic E-state index is -0.335. The van der Waals surface area contributed by atoms with E-state index in [0.29, 0.717) is 5.92 Å². The second-order valence-electron chi connectivity index (χ2n) is 5.76. The molecule has 2 aromatic rings. The van der Waals surface area contributed by atoms with Crippen LogP contribution in [-0.4, -0.2) is 9.91 Å². The zero-order chi connectivity index (χ0) is 15.1. The highest BCUT2D eigenvalue weighted by Gasteiger charge is 2.39. The third-order valence-corrected chi connectivity index (χ3v) is 4.56. The first-order chi connectivity index (χ1) is 10.7. The van der Waals surface area contributed by atoms with Gasteiger partial charge in [-0.2, -0.15) is 0 Å². The number of fused-ring (bicyclic) bond motifs is 3. The van der Waals surface area contributed by atoms with Gasteiger partial charge < -0.3 is 5.32 Å². The summed E-state index contributed by atoms with van der Waals surface area (Å²) in [6.45, 7) is 0. The van der Waals surface area contributed by atoms with Crippen LogP contribution in [0.25, 0.3) is 0 Å². The van der Waals surface area contributed by atoms with E-state index in [2.05, 4.69) is 22.5 Å². The lowest BCUT2D eigenvalue weighted by atomic mass is 9.78. The van der Waals surface area contributed by atoms with Gasteiger partial charge >= 0.3 is 0 Å². The van der Waals surface area contributed by atoms with E-state index in [1.807, 2.05) is 24.3 Å². The van der Waals surface area contributed by atoms with E-state index in [1.54, 1.807) is 18.3 Å². The highest BCUT2D eigenvalue weighted by molar-refractivity contribution is 5.62. The van der Waals surface area contributed by atoms with Crippen molar-refractivity contribution in [1.29, 1.82) is 0 Å². The molecule has 0 amide bonds. The molecule has 0 spiro atoms. The Morgan fingerprint density at radius 3 is 2.95 bits per heavy atom. The SMILES string of the molecule is O=[N+]([O-])c1ccc2c(c1)[C@H]1C=CC[C@H]1[C@@H](c1ccccn1)N2. The van der Waals surface area contributed by atoms with Crippen LogP contribution in [0.15, 0.2) is 54.7 Å². The van der Waals surface area contributed by atoms with Crippen molar-refractivity contribution in [3.8, 4) is 0 Å². The molecule has 0 radical (unpaired) electrons. The molecule has 0 bridgehead atoms. The fourth-order valence-electron chi connectivity index (χ4n) is 3.55. The van der Waals surface area contributed by atoms with E-state index < -0.39 is 0 Å². The van der Waals surface area contributed by atoms with Crippen LogP contribution in [0.2, 0.25) is 0 Å². The van der Waals surface area contributed by atoms with Gasteiger partial charge in [-0.3, -0.25) is 15.1 Å². The maximum atomic E-state index is 11.0. The monoisotopic (exact) mass is 293 g/mol. The lowest BCUT2D eigenvalue weighted by Gasteiger charge is -2.36. The molecule has 0 saturated carbocycles. The first kappa shape index (κ1) is 13.0. The number of nitrogens with one attached hydrogen (secondary N) is 1. The van der Waals surface area contributed by atoms with Gasteiger partial charge in [-0.1, -0.05) is 18.2 Å². The maximum absolute atomic E-state index is 11.0. The summed E-state index contributed by atoms with van der Waals surface area (Å²) in [7, 11) is 0. The molecule has 3 atom stereocenters. The van der Waals surface area contributed by atoms with E-state index in [-0.39, 0.29) is 22.6 Å². The number of rotatable bonds is 2. The van der Waals surface area contributed by atoms with Gasteiger partial charge in [-0.05, 0) is 36.1 Å². The lowest BCUT2D eigenvalue weighted by Crippen LogP contribution is -2.29. The third-order valence-electron chi connectivity index (χ3n) is 4.56. The fraction of sp³-hybridized carbons (Fsp3) is 0.235. The molecule has 4 rings (SSSR count). The van der Waals surface area contributed by atoms with Crippen molar-refractivity contribution in [3.05, 3.63) is 76.1 Å². The van der Waals surface area contributed by atoms with Crippen LogP contribution in [0.3, 0.4) is 0 Å². The number of hydrogen-bond donors (Lipinski definition) is 1. The fourth-order valence-corrected chi connectivity index (χ4v) is 3.55. The molecular weight excluding hydrogens is 278 g/mol. The molecule has 22 heavy (non-hydrogen) atoms. The average molecular weight is 293 g/mol. The molecule has 1 aromatic heterocycles. The molecule has 5 nitrogen and oxygen atoms in total. The van der Waals surface area contributed by atoms with E-state index in [0.717, 1.165) is 23.4 Å². The maximum Gasteiger partial charge on any atom is 0.269 e. The van der Waals surface area contributed by atoms with Gasteiger partial charge in [0.15, 0.2) is 0 Å². The first-order valence-electron chi connectivity index (χ1n) is 7.36. The number of hydrogen-bond acceptors (Lipinski definition) is 4. The second kappa shape index (κ2) is 4.94. The Labute approximate surface area is 127 Å². The van der Waals surface area contributed by atoms with Crippen molar-refractivity contribution >= 4 is 11.4 Å². The summed E-state index contributed by atoms with van der Waals surface area (Å²) in [6.07, 6.45) is 7.10. The molecule has 1 aromatic carbocycles. The van der Waals surface area contributed by atoms with Crippen LogP contribution in [0.4, 0.5) is 11.4 Å². The number of non-ortho nitro benzene ring substituents is 1. The number of nitrogens with zero attached hydrogens (tertiary/aromatic N) is 2. The molecule has 2 heterocycles. The number of benzene rings is 1. The number of anilines is 1. The van der Waals surface area contributed by atoms with Crippen LogP contribution in [-0.2, 0) is 0 Å². The average Bonchev–Trinajstić information content (AvgIpc) is 3.04. The number of pyridine rings is 1. The van der Waals surface area contributed by atoms with Crippen LogP contribution in [0.5, 0.6) is 0 Å². The highest BCUT2D eigenvalue weighted by atomic mass is 16.6. The van der Waals surface area contributed by atoms with Crippen LogP contribution >= 0.6 is 0 Å². The predicted molar refractivity (Wildman–Crippen MR) is 83.7 cm³/mol. The summed E-state index contributed by atoms with van der Waals surface area (Å²) in [5.41, 5.74) is 3.15. The quantitative estimate of drug-likeness (QED) is 0.519. The number of allylic oxidation sites excluding steroid dienone is 2. The van der Waals surface area contributed by atoms with Crippen LogP contribution in [0, 0.1) is 16.0 Å². The van der Waals surface area contributed by atoms with Gasteiger partial charge in [-0.15, -0.1) is 0 Å². The number of aromatic nitrogens is 1. The van der Waals surface area contributed by atoms with E-state index in [1.165, 1.54) is 0 Å². The molecule has 0 saturated heterocycles. The van der Waals surface area contributed by atoms with E-state index in [4.69, 9.17) is 0 Å². The molecule has 1 aliphatic heterocycles. The number of nitro groups is 1. The molecule has 1 aliphatic carbocycles. The van der Waals surface area contributed by atoms with E-state index in [9.17, 15) is 10.1 Å². The Kier molecular flexibility index (Phi) is 2.92. The minimum Gasteiger partial charge on any atom is -0.376 e. The van der Waals surface area contributed by atoms with Gasteiger partial charge in [0, 0.05) is 29.9 Å². The second-order valence-corrected chi connectivity index (χ2v) is 5.76. The Morgan fingerprint density at radius 2 is 2.18 bits per heavy atom. The van der Waals surface area contributed by atoms with Gasteiger partial charge in [0.1, 0.15) is 0 Å². The molecule has 0 unspecified atom stereocenters. The Hall–Kier alpha value is -2.69. The molecule has 5 heteroatoms. The van der Waals surface area contributed by atoms with Crippen molar-refractivity contribution in [2.45, 2.75) is 18.4 Å². The van der Waals surface area contributed by atoms with Crippen molar-refractivity contribution < 1.29 is 4.92 Å².